The molecular formula is C16H29IN6O. The molecule has 1 N–H and O–H groups in total. The lowest BCUT2D eigenvalue weighted by atomic mass is 10.0. The number of amides is 1. The van der Waals surface area contributed by atoms with E-state index in [1.165, 1.54) is 0 Å². The van der Waals surface area contributed by atoms with Crippen molar-refractivity contribution in [2.75, 3.05) is 38.1 Å². The molecule has 0 unspecified atom stereocenters. The molecule has 2 heterocycles. The van der Waals surface area contributed by atoms with E-state index in [-0.39, 0.29) is 29.9 Å². The smallest absolute Gasteiger partial charge is 0.246 e. The number of hydrogen-bond donors (Lipinski definition) is 1. The van der Waals surface area contributed by atoms with Gasteiger partial charge in [0.05, 0.1) is 11.9 Å². The van der Waals surface area contributed by atoms with E-state index in [0.29, 0.717) is 19.0 Å². The lowest BCUT2D eigenvalue weighted by Crippen LogP contribution is -2.55. The fraction of sp³-hybridized carbons (Fsp3) is 0.688. The molecule has 0 bridgehead atoms. The van der Waals surface area contributed by atoms with Gasteiger partial charge in [-0.3, -0.25) is 14.5 Å². The van der Waals surface area contributed by atoms with Crippen LogP contribution >= 0.6 is 24.0 Å². The second-order valence-electron chi connectivity index (χ2n) is 5.95. The molecule has 1 fully saturated rings. The zero-order chi connectivity index (χ0) is 16.8. The van der Waals surface area contributed by atoms with Gasteiger partial charge in [-0.05, 0) is 5.92 Å². The van der Waals surface area contributed by atoms with Gasteiger partial charge in [0.25, 0.3) is 0 Å². The molecule has 0 aliphatic carbocycles. The number of nitrogens with zero attached hydrogens (tertiary/aromatic N) is 5. The van der Waals surface area contributed by atoms with Gasteiger partial charge in [0.15, 0.2) is 5.96 Å². The van der Waals surface area contributed by atoms with E-state index in [1.807, 2.05) is 18.1 Å². The second-order valence-corrected chi connectivity index (χ2v) is 5.95. The van der Waals surface area contributed by atoms with Crippen molar-refractivity contribution in [1.82, 2.24) is 20.0 Å². The molecule has 1 amide bonds. The van der Waals surface area contributed by atoms with Crippen LogP contribution in [0.25, 0.3) is 0 Å². The van der Waals surface area contributed by atoms with Crippen LogP contribution in [0.1, 0.15) is 26.7 Å². The number of halogens is 1. The van der Waals surface area contributed by atoms with Crippen LogP contribution in [0.3, 0.4) is 0 Å². The van der Waals surface area contributed by atoms with E-state index in [9.17, 15) is 4.79 Å². The van der Waals surface area contributed by atoms with Crippen LogP contribution in [0.5, 0.6) is 0 Å². The minimum absolute atomic E-state index is 0. The van der Waals surface area contributed by atoms with Gasteiger partial charge in [0.2, 0.25) is 5.91 Å². The van der Waals surface area contributed by atoms with E-state index in [2.05, 4.69) is 29.3 Å². The topological polar surface area (TPSA) is 65.8 Å². The van der Waals surface area contributed by atoms with Crippen molar-refractivity contribution >= 4 is 41.5 Å². The molecule has 2 rings (SSSR count). The van der Waals surface area contributed by atoms with Crippen molar-refractivity contribution in [3.05, 3.63) is 12.4 Å². The van der Waals surface area contributed by atoms with E-state index >= 15 is 0 Å². The zero-order valence-corrected chi connectivity index (χ0v) is 17.4. The summed E-state index contributed by atoms with van der Waals surface area (Å²) < 4.78 is 1.71. The molecule has 1 saturated heterocycles. The Kier molecular flexibility index (Phi) is 8.51. The number of guanidine groups is 1. The molecular weight excluding hydrogens is 419 g/mol. The Morgan fingerprint density at radius 2 is 2.08 bits per heavy atom. The van der Waals surface area contributed by atoms with Gasteiger partial charge in [-0.2, -0.15) is 5.10 Å². The lowest BCUT2D eigenvalue weighted by molar-refractivity contribution is -0.120. The average Bonchev–Trinajstić information content (AvgIpc) is 2.98. The third kappa shape index (κ3) is 5.09. The molecule has 0 aromatic carbocycles. The number of nitrogens with one attached hydrogen (secondary N) is 1. The first-order valence-electron chi connectivity index (χ1n) is 8.33. The second kappa shape index (κ2) is 9.85. The maximum atomic E-state index is 12.4. The molecule has 1 aliphatic heterocycles. The van der Waals surface area contributed by atoms with Gasteiger partial charge < -0.3 is 15.1 Å². The molecule has 24 heavy (non-hydrogen) atoms. The van der Waals surface area contributed by atoms with E-state index < -0.39 is 0 Å². The normalized spacial score (nSPS) is 15.7. The number of carbonyl (C=O) groups excluding carboxylic acids is 1. The SMILES string of the molecule is CCC(CC)CNC(=NC)N1CCN(c2cnn(C)c2)C(=O)C1.I. The van der Waals surface area contributed by atoms with Crippen molar-refractivity contribution in [2.24, 2.45) is 18.0 Å². The molecule has 1 aromatic rings. The third-order valence-electron chi connectivity index (χ3n) is 4.44. The Balaban J connectivity index is 0.00000288. The predicted molar refractivity (Wildman–Crippen MR) is 108 cm³/mol. The first-order valence-corrected chi connectivity index (χ1v) is 8.33. The number of anilines is 1. The number of piperazine rings is 1. The quantitative estimate of drug-likeness (QED) is 0.423. The monoisotopic (exact) mass is 448 g/mol. The van der Waals surface area contributed by atoms with Gasteiger partial charge in [-0.15, -0.1) is 24.0 Å². The van der Waals surface area contributed by atoms with Crippen molar-refractivity contribution < 1.29 is 4.79 Å². The van der Waals surface area contributed by atoms with Gasteiger partial charge in [0, 0.05) is 39.9 Å². The maximum absolute atomic E-state index is 12.4. The van der Waals surface area contributed by atoms with Gasteiger partial charge in [-0.1, -0.05) is 26.7 Å². The summed E-state index contributed by atoms with van der Waals surface area (Å²) in [5, 5.41) is 7.55. The highest BCUT2D eigenvalue weighted by Gasteiger charge is 2.27. The average molecular weight is 448 g/mol. The molecule has 0 saturated carbocycles. The fourth-order valence-electron chi connectivity index (χ4n) is 2.82. The van der Waals surface area contributed by atoms with Gasteiger partial charge in [-0.25, -0.2) is 0 Å². The molecule has 136 valence electrons. The number of rotatable bonds is 5. The molecule has 0 radical (unpaired) electrons. The highest BCUT2D eigenvalue weighted by molar-refractivity contribution is 14.0. The summed E-state index contributed by atoms with van der Waals surface area (Å²) in [6.07, 6.45) is 5.89. The first kappa shape index (κ1) is 20.7. The summed E-state index contributed by atoms with van der Waals surface area (Å²) in [7, 11) is 3.63. The van der Waals surface area contributed by atoms with Gasteiger partial charge >= 0.3 is 0 Å². The summed E-state index contributed by atoms with van der Waals surface area (Å²) in [5.41, 5.74) is 0.858. The minimum Gasteiger partial charge on any atom is -0.356 e. The number of aliphatic imine (C=N–C) groups is 1. The highest BCUT2D eigenvalue weighted by atomic mass is 127. The Labute approximate surface area is 161 Å². The van der Waals surface area contributed by atoms with Crippen LogP contribution in [0.4, 0.5) is 5.69 Å². The van der Waals surface area contributed by atoms with Crippen LogP contribution in [0.2, 0.25) is 0 Å². The zero-order valence-electron chi connectivity index (χ0n) is 15.0. The van der Waals surface area contributed by atoms with Crippen LogP contribution in [0.15, 0.2) is 17.4 Å². The molecule has 8 heteroatoms. The van der Waals surface area contributed by atoms with Crippen LogP contribution in [0, 0.1) is 5.92 Å². The lowest BCUT2D eigenvalue weighted by Gasteiger charge is -2.35. The van der Waals surface area contributed by atoms with Crippen LogP contribution < -0.4 is 10.2 Å². The minimum atomic E-state index is 0. The van der Waals surface area contributed by atoms with E-state index in [4.69, 9.17) is 0 Å². The van der Waals surface area contributed by atoms with Crippen LogP contribution in [-0.2, 0) is 11.8 Å². The summed E-state index contributed by atoms with van der Waals surface area (Å²) >= 11 is 0. The molecule has 7 nitrogen and oxygen atoms in total. The molecule has 0 spiro atoms. The van der Waals surface area contributed by atoms with Gasteiger partial charge in [0.1, 0.15) is 6.54 Å². The Morgan fingerprint density at radius 1 is 1.38 bits per heavy atom. The standard InChI is InChI=1S/C16H28N6O.HI/c1-5-13(6-2)9-18-16(17-3)21-7-8-22(15(23)12-21)14-10-19-20(4)11-14;/h10-11,13H,5-9,12H2,1-4H3,(H,17,18);1H. The summed E-state index contributed by atoms with van der Waals surface area (Å²) in [5.74, 6) is 1.53. The molecule has 0 atom stereocenters. The molecule has 1 aromatic heterocycles. The number of hydrogen-bond acceptors (Lipinski definition) is 3. The number of aryl methyl sites for hydroxylation is 1. The number of carbonyl (C=O) groups is 1. The van der Waals surface area contributed by atoms with Crippen molar-refractivity contribution in [2.45, 2.75) is 26.7 Å². The van der Waals surface area contributed by atoms with E-state index in [0.717, 1.165) is 37.6 Å². The molecule has 1 aliphatic rings. The Morgan fingerprint density at radius 3 is 2.58 bits per heavy atom. The largest absolute Gasteiger partial charge is 0.356 e. The fourth-order valence-corrected chi connectivity index (χ4v) is 2.82. The Bertz CT molecular complexity index is 555. The van der Waals surface area contributed by atoms with Crippen LogP contribution in [-0.4, -0.2) is 59.8 Å². The van der Waals surface area contributed by atoms with Crippen molar-refractivity contribution in [3.8, 4) is 0 Å². The summed E-state index contributed by atoms with van der Waals surface area (Å²) in [6, 6.07) is 0. The Hall–Kier alpha value is -1.32. The van der Waals surface area contributed by atoms with Crippen molar-refractivity contribution in [3.63, 3.8) is 0 Å². The highest BCUT2D eigenvalue weighted by Crippen LogP contribution is 2.16. The van der Waals surface area contributed by atoms with E-state index in [1.54, 1.807) is 22.8 Å². The maximum Gasteiger partial charge on any atom is 0.246 e. The van der Waals surface area contributed by atoms with Crippen molar-refractivity contribution in [1.29, 1.82) is 0 Å². The third-order valence-corrected chi connectivity index (χ3v) is 4.44. The summed E-state index contributed by atoms with van der Waals surface area (Å²) in [6.45, 7) is 7.07. The summed E-state index contributed by atoms with van der Waals surface area (Å²) in [4.78, 5) is 20.6. The first-order chi connectivity index (χ1) is 11.1. The number of aromatic nitrogens is 2. The predicted octanol–water partition coefficient (Wildman–Crippen LogP) is 1.70.